The summed E-state index contributed by atoms with van der Waals surface area (Å²) < 4.78 is 5.17. The van der Waals surface area contributed by atoms with Gasteiger partial charge in [0.1, 0.15) is 12.3 Å². The second-order valence-corrected chi connectivity index (χ2v) is 6.41. The first-order chi connectivity index (χ1) is 14.0. The Balaban J connectivity index is 1.81. The van der Waals surface area contributed by atoms with Gasteiger partial charge < -0.3 is 10.1 Å². The lowest BCUT2D eigenvalue weighted by Crippen LogP contribution is -2.42. The SMILES string of the molecule is CCN1C(=O)C(=O)N(CC(=O)N[C@H](c2ccccc2)c2ccc(OC)cc2)C1=O. The predicted octanol–water partition coefficient (Wildman–Crippen LogP) is 1.71. The topological polar surface area (TPSA) is 96.0 Å². The van der Waals surface area contributed by atoms with Gasteiger partial charge in [0.25, 0.3) is 0 Å². The minimum absolute atomic E-state index is 0.0695. The number of hydrogen-bond donors (Lipinski definition) is 1. The quantitative estimate of drug-likeness (QED) is 0.569. The summed E-state index contributed by atoms with van der Waals surface area (Å²) in [6.07, 6.45) is 0. The molecule has 2 aromatic rings. The van der Waals surface area contributed by atoms with Crippen molar-refractivity contribution in [2.75, 3.05) is 20.2 Å². The zero-order valence-electron chi connectivity index (χ0n) is 16.1. The van der Waals surface area contributed by atoms with Crippen LogP contribution in [-0.4, -0.2) is 53.8 Å². The number of carbonyl (C=O) groups is 4. The number of likely N-dealkylation sites (N-methyl/N-ethyl adjacent to an activating group) is 1. The van der Waals surface area contributed by atoms with Crippen molar-refractivity contribution < 1.29 is 23.9 Å². The van der Waals surface area contributed by atoms with Crippen LogP contribution in [0.1, 0.15) is 24.1 Å². The second-order valence-electron chi connectivity index (χ2n) is 6.41. The molecule has 150 valence electrons. The van der Waals surface area contributed by atoms with E-state index in [-0.39, 0.29) is 6.54 Å². The molecule has 0 unspecified atom stereocenters. The van der Waals surface area contributed by atoms with Gasteiger partial charge in [0.15, 0.2) is 0 Å². The fourth-order valence-corrected chi connectivity index (χ4v) is 3.12. The average molecular weight is 395 g/mol. The number of methoxy groups -OCH3 is 1. The minimum Gasteiger partial charge on any atom is -0.497 e. The number of benzene rings is 2. The highest BCUT2D eigenvalue weighted by atomic mass is 16.5. The van der Waals surface area contributed by atoms with E-state index in [0.29, 0.717) is 10.6 Å². The standard InChI is InChI=1S/C21H21N3O5/c1-3-23-19(26)20(27)24(21(23)28)13-17(25)22-18(14-7-5-4-6-8-14)15-9-11-16(29-2)12-10-15/h4-12,18H,3,13H2,1-2H3,(H,22,25)/t18-/m1/s1. The van der Waals surface area contributed by atoms with Crippen LogP contribution in [0.15, 0.2) is 54.6 Å². The molecule has 1 N–H and O–H groups in total. The highest BCUT2D eigenvalue weighted by molar-refractivity contribution is 6.45. The van der Waals surface area contributed by atoms with Gasteiger partial charge in [-0.1, -0.05) is 42.5 Å². The van der Waals surface area contributed by atoms with Gasteiger partial charge in [-0.3, -0.25) is 19.3 Å². The fourth-order valence-electron chi connectivity index (χ4n) is 3.12. The van der Waals surface area contributed by atoms with Gasteiger partial charge in [0, 0.05) is 6.54 Å². The predicted molar refractivity (Wildman–Crippen MR) is 104 cm³/mol. The minimum atomic E-state index is -0.993. The number of rotatable bonds is 7. The number of carbonyl (C=O) groups excluding carboxylic acids is 4. The molecule has 1 aliphatic rings. The third kappa shape index (κ3) is 4.11. The monoisotopic (exact) mass is 395 g/mol. The van der Waals surface area contributed by atoms with Crippen LogP contribution in [0.4, 0.5) is 4.79 Å². The summed E-state index contributed by atoms with van der Waals surface area (Å²) in [6.45, 7) is 1.13. The van der Waals surface area contributed by atoms with Crippen molar-refractivity contribution in [3.05, 3.63) is 65.7 Å². The normalized spacial score (nSPS) is 14.9. The summed E-state index contributed by atoms with van der Waals surface area (Å²) >= 11 is 0. The number of ether oxygens (including phenoxy) is 1. The lowest BCUT2D eigenvalue weighted by molar-refractivity contribution is -0.144. The zero-order valence-corrected chi connectivity index (χ0v) is 16.1. The molecular formula is C21H21N3O5. The molecule has 0 aliphatic carbocycles. The summed E-state index contributed by atoms with van der Waals surface area (Å²) in [5, 5.41) is 2.85. The Bertz CT molecular complexity index is 927. The second kappa shape index (κ2) is 8.55. The first-order valence-corrected chi connectivity index (χ1v) is 9.11. The maximum atomic E-state index is 12.7. The molecule has 5 amide bonds. The largest absolute Gasteiger partial charge is 0.497 e. The van der Waals surface area contributed by atoms with Gasteiger partial charge in [0.2, 0.25) is 5.91 Å². The highest BCUT2D eigenvalue weighted by Gasteiger charge is 2.44. The average Bonchev–Trinajstić information content (AvgIpc) is 2.95. The van der Waals surface area contributed by atoms with E-state index in [1.807, 2.05) is 42.5 Å². The van der Waals surface area contributed by atoms with Gasteiger partial charge in [-0.05, 0) is 30.2 Å². The van der Waals surface area contributed by atoms with E-state index in [4.69, 9.17) is 4.74 Å². The van der Waals surface area contributed by atoms with Gasteiger partial charge in [0.05, 0.1) is 13.2 Å². The molecule has 0 saturated carbocycles. The van der Waals surface area contributed by atoms with Crippen LogP contribution >= 0.6 is 0 Å². The number of imide groups is 2. The molecule has 0 spiro atoms. The maximum Gasteiger partial charge on any atom is 0.334 e. The van der Waals surface area contributed by atoms with Crippen LogP contribution in [0.5, 0.6) is 5.75 Å². The van der Waals surface area contributed by atoms with E-state index < -0.39 is 36.3 Å². The van der Waals surface area contributed by atoms with Crippen molar-refractivity contribution in [2.24, 2.45) is 0 Å². The first-order valence-electron chi connectivity index (χ1n) is 9.11. The lowest BCUT2D eigenvalue weighted by atomic mass is 9.98. The fraction of sp³-hybridized carbons (Fsp3) is 0.238. The third-order valence-electron chi connectivity index (χ3n) is 4.64. The molecule has 8 heteroatoms. The Morgan fingerprint density at radius 2 is 1.52 bits per heavy atom. The van der Waals surface area contributed by atoms with Crippen LogP contribution in [0, 0.1) is 0 Å². The Morgan fingerprint density at radius 1 is 0.931 bits per heavy atom. The Labute approximate surface area is 168 Å². The lowest BCUT2D eigenvalue weighted by Gasteiger charge is -2.21. The van der Waals surface area contributed by atoms with E-state index in [0.717, 1.165) is 16.0 Å². The number of amides is 5. The van der Waals surface area contributed by atoms with E-state index in [1.54, 1.807) is 26.2 Å². The summed E-state index contributed by atoms with van der Waals surface area (Å²) in [6, 6.07) is 15.2. The van der Waals surface area contributed by atoms with Gasteiger partial charge in [-0.25, -0.2) is 9.69 Å². The number of nitrogens with one attached hydrogen (secondary N) is 1. The molecule has 0 radical (unpaired) electrons. The van der Waals surface area contributed by atoms with Crippen molar-refractivity contribution in [2.45, 2.75) is 13.0 Å². The molecule has 3 rings (SSSR count). The number of hydrogen-bond acceptors (Lipinski definition) is 5. The molecule has 1 saturated heterocycles. The molecule has 1 atom stereocenters. The third-order valence-corrected chi connectivity index (χ3v) is 4.64. The van der Waals surface area contributed by atoms with Crippen LogP contribution < -0.4 is 10.1 Å². The van der Waals surface area contributed by atoms with E-state index in [1.165, 1.54) is 0 Å². The van der Waals surface area contributed by atoms with Gasteiger partial charge in [-0.2, -0.15) is 0 Å². The zero-order chi connectivity index (χ0) is 21.0. The van der Waals surface area contributed by atoms with Crippen LogP contribution in [0.3, 0.4) is 0 Å². The van der Waals surface area contributed by atoms with E-state index in [2.05, 4.69) is 5.32 Å². The Hall–Kier alpha value is -3.68. The van der Waals surface area contributed by atoms with Crippen molar-refractivity contribution in [1.82, 2.24) is 15.1 Å². The summed E-state index contributed by atoms with van der Waals surface area (Å²) in [4.78, 5) is 50.2. The highest BCUT2D eigenvalue weighted by Crippen LogP contribution is 2.24. The Kier molecular flexibility index (Phi) is 5.92. The number of nitrogens with zero attached hydrogens (tertiary/aromatic N) is 2. The smallest absolute Gasteiger partial charge is 0.334 e. The molecule has 1 aliphatic heterocycles. The van der Waals surface area contributed by atoms with Crippen molar-refractivity contribution in [1.29, 1.82) is 0 Å². The molecule has 1 heterocycles. The van der Waals surface area contributed by atoms with Crippen LogP contribution in [0.2, 0.25) is 0 Å². The van der Waals surface area contributed by atoms with Gasteiger partial charge in [-0.15, -0.1) is 0 Å². The first kappa shape index (κ1) is 20.1. The number of urea groups is 1. The van der Waals surface area contributed by atoms with Crippen LogP contribution in [-0.2, 0) is 14.4 Å². The molecule has 1 fully saturated rings. The molecule has 0 aromatic heterocycles. The summed E-state index contributed by atoms with van der Waals surface area (Å²) in [5.74, 6) is -1.78. The summed E-state index contributed by atoms with van der Waals surface area (Å²) in [5.41, 5.74) is 1.63. The van der Waals surface area contributed by atoms with E-state index >= 15 is 0 Å². The maximum absolute atomic E-state index is 12.7. The van der Waals surface area contributed by atoms with Gasteiger partial charge >= 0.3 is 17.8 Å². The summed E-state index contributed by atoms with van der Waals surface area (Å²) in [7, 11) is 1.57. The molecular weight excluding hydrogens is 374 g/mol. The molecule has 2 aromatic carbocycles. The molecule has 29 heavy (non-hydrogen) atoms. The van der Waals surface area contributed by atoms with E-state index in [9.17, 15) is 19.2 Å². The Morgan fingerprint density at radius 3 is 2.07 bits per heavy atom. The van der Waals surface area contributed by atoms with Crippen molar-refractivity contribution in [3.63, 3.8) is 0 Å². The molecule has 0 bridgehead atoms. The van der Waals surface area contributed by atoms with Crippen molar-refractivity contribution in [3.8, 4) is 5.75 Å². The molecule has 8 nitrogen and oxygen atoms in total. The van der Waals surface area contributed by atoms with Crippen LogP contribution in [0.25, 0.3) is 0 Å². The van der Waals surface area contributed by atoms with Crippen molar-refractivity contribution >= 4 is 23.8 Å².